The molecule has 0 heterocycles. The summed E-state index contributed by atoms with van der Waals surface area (Å²) in [5, 5.41) is 0. The Balaban J connectivity index is 4.53. The molecule has 81 heavy (non-hydrogen) atoms. The summed E-state index contributed by atoms with van der Waals surface area (Å²) in [6.45, 7) is 6.37. The Kier molecular flexibility index (Phi) is 63.4. The predicted octanol–water partition coefficient (Wildman–Crippen LogP) is 22.9. The van der Waals surface area contributed by atoms with Crippen molar-refractivity contribution in [1.29, 1.82) is 0 Å². The molecular weight excluding hydrogens is 997 g/mol. The van der Waals surface area contributed by atoms with E-state index >= 15 is 0 Å². The minimum absolute atomic E-state index is 0.105. The van der Waals surface area contributed by atoms with Gasteiger partial charge in [-0.15, -0.1) is 0 Å². The highest BCUT2D eigenvalue weighted by Crippen LogP contribution is 2.14. The SMILES string of the molecule is CC/C=C\C/C=C\C/C=C\C/C=C\C/C=C\C/C=C\CCCCCCC(=O)OCC(COC(=O)CCCCCCCCC/C=C\CCCCCCCC)OC(=O)CCCCCC/C=C\C/C=C\C/C=C\C/C=C\C/C=C\C/C=C\CC. The van der Waals surface area contributed by atoms with E-state index in [1.807, 2.05) is 0 Å². The maximum atomic E-state index is 12.9. The van der Waals surface area contributed by atoms with Crippen molar-refractivity contribution in [2.24, 2.45) is 0 Å². The molecule has 456 valence electrons. The van der Waals surface area contributed by atoms with E-state index in [9.17, 15) is 14.4 Å². The molecule has 0 aromatic heterocycles. The van der Waals surface area contributed by atoms with Gasteiger partial charge in [0.15, 0.2) is 6.10 Å². The number of hydrogen-bond donors (Lipinski definition) is 0. The van der Waals surface area contributed by atoms with Gasteiger partial charge >= 0.3 is 17.9 Å². The van der Waals surface area contributed by atoms with Gasteiger partial charge in [-0.05, 0) is 148 Å². The summed E-state index contributed by atoms with van der Waals surface area (Å²) < 4.78 is 16.9. The van der Waals surface area contributed by atoms with E-state index in [1.165, 1.54) is 77.0 Å². The fourth-order valence-electron chi connectivity index (χ4n) is 8.62. The molecule has 6 nitrogen and oxygen atoms in total. The lowest BCUT2D eigenvalue weighted by Gasteiger charge is -2.18. The molecule has 0 N–H and O–H groups in total. The van der Waals surface area contributed by atoms with Gasteiger partial charge in [-0.2, -0.15) is 0 Å². The Morgan fingerprint density at radius 2 is 0.481 bits per heavy atom. The van der Waals surface area contributed by atoms with Crippen LogP contribution in [0.4, 0.5) is 0 Å². The zero-order valence-corrected chi connectivity index (χ0v) is 52.2. The summed E-state index contributed by atoms with van der Waals surface area (Å²) in [5.74, 6) is -0.961. The Morgan fingerprint density at radius 3 is 0.765 bits per heavy atom. The first-order valence-corrected chi connectivity index (χ1v) is 33.0. The van der Waals surface area contributed by atoms with Crippen LogP contribution in [0.3, 0.4) is 0 Å². The van der Waals surface area contributed by atoms with Crippen LogP contribution in [0.15, 0.2) is 158 Å². The van der Waals surface area contributed by atoms with E-state index in [1.54, 1.807) is 0 Å². The minimum Gasteiger partial charge on any atom is -0.462 e. The maximum Gasteiger partial charge on any atom is 0.306 e. The summed E-state index contributed by atoms with van der Waals surface area (Å²) in [4.78, 5) is 38.4. The molecule has 0 bridgehead atoms. The second-order valence-electron chi connectivity index (χ2n) is 21.3. The van der Waals surface area contributed by atoms with Gasteiger partial charge in [-0.1, -0.05) is 269 Å². The highest BCUT2D eigenvalue weighted by atomic mass is 16.6. The topological polar surface area (TPSA) is 78.9 Å². The van der Waals surface area contributed by atoms with E-state index in [0.29, 0.717) is 12.8 Å². The Morgan fingerprint density at radius 1 is 0.259 bits per heavy atom. The third-order valence-electron chi connectivity index (χ3n) is 13.5. The molecule has 0 aliphatic rings. The van der Waals surface area contributed by atoms with Crippen molar-refractivity contribution < 1.29 is 28.6 Å². The van der Waals surface area contributed by atoms with Crippen LogP contribution in [0.1, 0.15) is 278 Å². The first-order valence-electron chi connectivity index (χ1n) is 33.0. The molecule has 0 aromatic rings. The number of carbonyl (C=O) groups excluding carboxylic acids is 3. The normalized spacial score (nSPS) is 13.2. The van der Waals surface area contributed by atoms with Crippen LogP contribution in [-0.4, -0.2) is 37.2 Å². The molecule has 0 spiro atoms. The first-order chi connectivity index (χ1) is 40.0. The summed E-state index contributed by atoms with van der Waals surface area (Å²) in [5.41, 5.74) is 0. The number of allylic oxidation sites excluding steroid dienone is 26. The van der Waals surface area contributed by atoms with Gasteiger partial charge in [0, 0.05) is 19.3 Å². The molecule has 0 rings (SSSR count). The zero-order valence-electron chi connectivity index (χ0n) is 52.2. The van der Waals surface area contributed by atoms with Crippen molar-refractivity contribution in [2.45, 2.75) is 284 Å². The zero-order chi connectivity index (χ0) is 58.5. The lowest BCUT2D eigenvalue weighted by atomic mass is 10.1. The molecule has 0 aliphatic heterocycles. The second-order valence-corrected chi connectivity index (χ2v) is 21.3. The molecule has 0 saturated heterocycles. The average Bonchev–Trinajstić information content (AvgIpc) is 3.47. The van der Waals surface area contributed by atoms with Gasteiger partial charge in [0.1, 0.15) is 13.2 Å². The number of unbranched alkanes of at least 4 members (excludes halogenated alkanes) is 21. The van der Waals surface area contributed by atoms with E-state index in [2.05, 4.69) is 179 Å². The van der Waals surface area contributed by atoms with Crippen LogP contribution in [0.5, 0.6) is 0 Å². The fraction of sp³-hybridized carbons (Fsp3) is 0.613. The molecule has 6 heteroatoms. The molecular formula is C75H120O6. The van der Waals surface area contributed by atoms with Gasteiger partial charge < -0.3 is 14.2 Å². The Bertz CT molecular complexity index is 1810. The van der Waals surface area contributed by atoms with Gasteiger partial charge in [-0.25, -0.2) is 0 Å². The molecule has 0 aromatic carbocycles. The molecule has 0 amide bonds. The second kappa shape index (κ2) is 67.5. The Hall–Kier alpha value is -4.97. The lowest BCUT2D eigenvalue weighted by Crippen LogP contribution is -2.30. The van der Waals surface area contributed by atoms with Gasteiger partial charge in [0.2, 0.25) is 0 Å². The van der Waals surface area contributed by atoms with Crippen molar-refractivity contribution in [3.63, 3.8) is 0 Å². The molecule has 0 aliphatic carbocycles. The summed E-state index contributed by atoms with van der Waals surface area (Å²) in [7, 11) is 0. The number of carbonyl (C=O) groups is 3. The predicted molar refractivity (Wildman–Crippen MR) is 352 cm³/mol. The van der Waals surface area contributed by atoms with Crippen molar-refractivity contribution in [3.8, 4) is 0 Å². The number of ether oxygens (including phenoxy) is 3. The van der Waals surface area contributed by atoms with Gasteiger partial charge in [-0.3, -0.25) is 14.4 Å². The molecule has 0 radical (unpaired) electrons. The quantitative estimate of drug-likeness (QED) is 0.0261. The van der Waals surface area contributed by atoms with Crippen molar-refractivity contribution >= 4 is 17.9 Å². The highest BCUT2D eigenvalue weighted by molar-refractivity contribution is 5.71. The Labute approximate surface area is 499 Å². The summed E-state index contributed by atoms with van der Waals surface area (Å²) in [6.07, 6.45) is 98.1. The monoisotopic (exact) mass is 1120 g/mol. The van der Waals surface area contributed by atoms with Crippen molar-refractivity contribution in [1.82, 2.24) is 0 Å². The standard InChI is InChI=1S/C75H120O6/c1-4-7-10-13-16-19-22-25-28-31-33-35-37-39-41-44-47-50-53-56-59-62-65-68-74(77)80-71-72(70-79-73(76)67-64-61-58-55-52-49-46-43-30-27-24-21-18-15-12-9-6-3)81-75(78)69-66-63-60-57-54-51-48-45-42-40-38-36-34-32-29-26-23-20-17-14-11-8-5-2/h7-8,10-11,16-17,19-20,25-30,33-36,39-42,47-48,50-51,72H,4-6,9,12-15,18,21-24,31-32,37-38,43-46,49,52-71H2,1-3H3/b10-7-,11-8-,19-16-,20-17-,28-25-,29-26-,30-27-,35-33-,36-34-,41-39-,42-40-,50-47-,51-48-. The van der Waals surface area contributed by atoms with E-state index in [-0.39, 0.29) is 37.5 Å². The fourth-order valence-corrected chi connectivity index (χ4v) is 8.62. The van der Waals surface area contributed by atoms with E-state index < -0.39 is 6.10 Å². The van der Waals surface area contributed by atoms with Crippen LogP contribution in [0.25, 0.3) is 0 Å². The highest BCUT2D eigenvalue weighted by Gasteiger charge is 2.19. The number of esters is 3. The summed E-state index contributed by atoms with van der Waals surface area (Å²) >= 11 is 0. The average molecular weight is 1120 g/mol. The van der Waals surface area contributed by atoms with Gasteiger partial charge in [0.25, 0.3) is 0 Å². The summed E-state index contributed by atoms with van der Waals surface area (Å²) in [6, 6.07) is 0. The van der Waals surface area contributed by atoms with E-state index in [0.717, 1.165) is 161 Å². The van der Waals surface area contributed by atoms with Crippen molar-refractivity contribution in [2.75, 3.05) is 13.2 Å². The molecule has 0 saturated carbocycles. The molecule has 1 atom stereocenters. The largest absolute Gasteiger partial charge is 0.462 e. The van der Waals surface area contributed by atoms with Crippen LogP contribution >= 0.6 is 0 Å². The van der Waals surface area contributed by atoms with Crippen LogP contribution < -0.4 is 0 Å². The van der Waals surface area contributed by atoms with Crippen LogP contribution in [0, 0.1) is 0 Å². The number of rotatable bonds is 58. The lowest BCUT2D eigenvalue weighted by molar-refractivity contribution is -0.167. The molecule has 1 unspecified atom stereocenters. The first kappa shape index (κ1) is 76.0. The van der Waals surface area contributed by atoms with Crippen LogP contribution in [0.2, 0.25) is 0 Å². The third kappa shape index (κ3) is 65.7. The van der Waals surface area contributed by atoms with Crippen LogP contribution in [-0.2, 0) is 28.6 Å². The minimum atomic E-state index is -0.815. The molecule has 0 fully saturated rings. The smallest absolute Gasteiger partial charge is 0.306 e. The van der Waals surface area contributed by atoms with E-state index in [4.69, 9.17) is 14.2 Å². The maximum absolute atomic E-state index is 12.9. The van der Waals surface area contributed by atoms with Crippen molar-refractivity contribution in [3.05, 3.63) is 158 Å². The van der Waals surface area contributed by atoms with Gasteiger partial charge in [0.05, 0.1) is 0 Å². The number of hydrogen-bond acceptors (Lipinski definition) is 6. The third-order valence-corrected chi connectivity index (χ3v) is 13.5.